The minimum atomic E-state index is -0.315. The third-order valence-electron chi connectivity index (χ3n) is 5.85. The molecule has 2 aromatic carbocycles. The van der Waals surface area contributed by atoms with Gasteiger partial charge in [-0.1, -0.05) is 29.8 Å². The first-order valence-electron chi connectivity index (χ1n) is 11.6. The molecule has 1 N–H and O–H groups in total. The maximum Gasteiger partial charge on any atom is 0.317 e. The van der Waals surface area contributed by atoms with Gasteiger partial charge in [-0.2, -0.15) is 5.10 Å². The predicted molar refractivity (Wildman–Crippen MR) is 134 cm³/mol. The molecule has 0 unspecified atom stereocenters. The highest BCUT2D eigenvalue weighted by Gasteiger charge is 2.35. The number of hydrogen-bond acceptors (Lipinski definition) is 6. The van der Waals surface area contributed by atoms with Crippen LogP contribution in [-0.4, -0.2) is 75.1 Å². The monoisotopic (exact) mass is 482 g/mol. The number of hydrogen-bond donors (Lipinski definition) is 1. The number of aryl methyl sites for hydroxylation is 1. The molecule has 0 spiro atoms. The SMILES string of the molecule is CCNC(=O)N(CCOC)CC(=O)N1N=C(c2ccc(OC)cc2OC)C[C@H]1c1ccc(C)cc1. The first-order valence-corrected chi connectivity index (χ1v) is 11.6. The fourth-order valence-corrected chi connectivity index (χ4v) is 3.94. The number of urea groups is 1. The summed E-state index contributed by atoms with van der Waals surface area (Å²) in [7, 11) is 4.75. The highest BCUT2D eigenvalue weighted by molar-refractivity contribution is 6.05. The number of nitrogens with zero attached hydrogens (tertiary/aromatic N) is 3. The first kappa shape index (κ1) is 26.0. The van der Waals surface area contributed by atoms with E-state index in [0.29, 0.717) is 37.6 Å². The Hall–Kier alpha value is -3.59. The van der Waals surface area contributed by atoms with Crippen LogP contribution in [0.25, 0.3) is 0 Å². The zero-order valence-electron chi connectivity index (χ0n) is 21.0. The average Bonchev–Trinajstić information content (AvgIpc) is 3.32. The maximum atomic E-state index is 13.5. The molecule has 9 nitrogen and oxygen atoms in total. The number of amides is 3. The van der Waals surface area contributed by atoms with Crippen molar-refractivity contribution < 1.29 is 23.8 Å². The van der Waals surface area contributed by atoms with E-state index in [9.17, 15) is 9.59 Å². The van der Waals surface area contributed by atoms with Gasteiger partial charge in [-0.15, -0.1) is 0 Å². The highest BCUT2D eigenvalue weighted by Crippen LogP contribution is 2.36. The van der Waals surface area contributed by atoms with Crippen molar-refractivity contribution in [2.45, 2.75) is 26.3 Å². The fourth-order valence-electron chi connectivity index (χ4n) is 3.94. The second-order valence-electron chi connectivity index (χ2n) is 8.23. The molecule has 1 aliphatic heterocycles. The van der Waals surface area contributed by atoms with Gasteiger partial charge < -0.3 is 24.4 Å². The molecule has 0 aliphatic carbocycles. The number of ether oxygens (including phenoxy) is 3. The molecule has 0 fully saturated rings. The van der Waals surface area contributed by atoms with Gasteiger partial charge in [-0.25, -0.2) is 9.80 Å². The summed E-state index contributed by atoms with van der Waals surface area (Å²) >= 11 is 0. The second kappa shape index (κ2) is 12.2. The second-order valence-corrected chi connectivity index (χ2v) is 8.23. The third-order valence-corrected chi connectivity index (χ3v) is 5.85. The molecule has 9 heteroatoms. The molecule has 3 rings (SSSR count). The Bertz CT molecular complexity index is 1050. The van der Waals surface area contributed by atoms with Crippen molar-refractivity contribution in [3.8, 4) is 11.5 Å². The van der Waals surface area contributed by atoms with E-state index in [1.54, 1.807) is 27.4 Å². The number of carbonyl (C=O) groups is 2. The minimum absolute atomic E-state index is 0.117. The van der Waals surface area contributed by atoms with Crippen LogP contribution < -0.4 is 14.8 Å². The Morgan fingerprint density at radius 3 is 2.49 bits per heavy atom. The lowest BCUT2D eigenvalue weighted by atomic mass is 9.97. The molecule has 0 saturated heterocycles. The van der Waals surface area contributed by atoms with E-state index >= 15 is 0 Å². The van der Waals surface area contributed by atoms with Gasteiger partial charge in [-0.05, 0) is 31.5 Å². The van der Waals surface area contributed by atoms with Crippen LogP contribution in [0.1, 0.15) is 36.1 Å². The Labute approximate surface area is 206 Å². The molecule has 0 saturated carbocycles. The van der Waals surface area contributed by atoms with Crippen LogP contribution in [0, 0.1) is 6.92 Å². The van der Waals surface area contributed by atoms with Gasteiger partial charge in [0.25, 0.3) is 5.91 Å². The largest absolute Gasteiger partial charge is 0.497 e. The van der Waals surface area contributed by atoms with Crippen LogP contribution in [0.3, 0.4) is 0 Å². The van der Waals surface area contributed by atoms with Crippen molar-refractivity contribution in [2.24, 2.45) is 5.10 Å². The summed E-state index contributed by atoms with van der Waals surface area (Å²) in [6.45, 7) is 4.82. The average molecular weight is 483 g/mol. The van der Waals surface area contributed by atoms with E-state index in [1.165, 1.54) is 9.91 Å². The quantitative estimate of drug-likeness (QED) is 0.561. The normalized spacial score (nSPS) is 14.9. The molecule has 1 aliphatic rings. The topological polar surface area (TPSA) is 92.7 Å². The summed E-state index contributed by atoms with van der Waals surface area (Å²) < 4.78 is 16.0. The van der Waals surface area contributed by atoms with E-state index in [4.69, 9.17) is 19.3 Å². The first-order chi connectivity index (χ1) is 16.9. The van der Waals surface area contributed by atoms with Crippen molar-refractivity contribution in [3.05, 3.63) is 59.2 Å². The maximum absolute atomic E-state index is 13.5. The Kier molecular flexibility index (Phi) is 9.08. The van der Waals surface area contributed by atoms with Gasteiger partial charge in [0.2, 0.25) is 0 Å². The smallest absolute Gasteiger partial charge is 0.317 e. The molecular weight excluding hydrogens is 448 g/mol. The molecule has 3 amide bonds. The van der Waals surface area contributed by atoms with E-state index in [0.717, 1.165) is 22.4 Å². The number of hydrazone groups is 1. The summed E-state index contributed by atoms with van der Waals surface area (Å²) in [6.07, 6.45) is 0.511. The zero-order valence-corrected chi connectivity index (χ0v) is 21.0. The number of rotatable bonds is 10. The van der Waals surface area contributed by atoms with Crippen molar-refractivity contribution in [1.82, 2.24) is 15.2 Å². The molecule has 1 atom stereocenters. The molecule has 0 radical (unpaired) electrons. The van der Waals surface area contributed by atoms with Crippen LogP contribution in [0.4, 0.5) is 4.79 Å². The highest BCUT2D eigenvalue weighted by atomic mass is 16.5. The minimum Gasteiger partial charge on any atom is -0.497 e. The van der Waals surface area contributed by atoms with E-state index < -0.39 is 0 Å². The van der Waals surface area contributed by atoms with Crippen molar-refractivity contribution in [2.75, 3.05) is 47.6 Å². The lowest BCUT2D eigenvalue weighted by molar-refractivity contribution is -0.133. The van der Waals surface area contributed by atoms with Gasteiger partial charge in [0.05, 0.1) is 32.6 Å². The van der Waals surface area contributed by atoms with Crippen LogP contribution in [0.2, 0.25) is 0 Å². The van der Waals surface area contributed by atoms with Crippen LogP contribution in [-0.2, 0) is 9.53 Å². The molecule has 0 bridgehead atoms. The molecular formula is C26H34N4O5. The van der Waals surface area contributed by atoms with Crippen molar-refractivity contribution in [1.29, 1.82) is 0 Å². The fraction of sp³-hybridized carbons (Fsp3) is 0.423. The summed E-state index contributed by atoms with van der Waals surface area (Å²) in [5, 5.41) is 8.98. The number of methoxy groups -OCH3 is 3. The Morgan fingerprint density at radius 2 is 1.86 bits per heavy atom. The van der Waals surface area contributed by atoms with E-state index in [2.05, 4.69) is 5.32 Å². The van der Waals surface area contributed by atoms with Gasteiger partial charge in [-0.3, -0.25) is 4.79 Å². The number of benzene rings is 2. The predicted octanol–water partition coefficient (Wildman–Crippen LogP) is 3.37. The van der Waals surface area contributed by atoms with Crippen LogP contribution in [0.5, 0.6) is 11.5 Å². The molecule has 35 heavy (non-hydrogen) atoms. The van der Waals surface area contributed by atoms with Gasteiger partial charge in [0.1, 0.15) is 18.0 Å². The van der Waals surface area contributed by atoms with Crippen LogP contribution >= 0.6 is 0 Å². The van der Waals surface area contributed by atoms with Gasteiger partial charge >= 0.3 is 6.03 Å². The zero-order chi connectivity index (χ0) is 25.4. The third kappa shape index (κ3) is 6.30. The summed E-state index contributed by atoms with van der Waals surface area (Å²) in [6, 6.07) is 13.0. The molecule has 1 heterocycles. The lowest BCUT2D eigenvalue weighted by Crippen LogP contribution is -2.47. The Balaban J connectivity index is 1.95. The van der Waals surface area contributed by atoms with Crippen LogP contribution in [0.15, 0.2) is 47.6 Å². The molecule has 188 valence electrons. The summed E-state index contributed by atoms with van der Waals surface area (Å²) in [5.74, 6) is 1.01. The van der Waals surface area contributed by atoms with Crippen molar-refractivity contribution in [3.63, 3.8) is 0 Å². The van der Waals surface area contributed by atoms with E-state index in [1.807, 2.05) is 50.2 Å². The standard InChI is InChI=1S/C26H34N4O5/c1-6-27-26(32)29(13-14-33-3)17-25(31)30-23(19-9-7-18(2)8-10-19)16-22(28-30)21-12-11-20(34-4)15-24(21)35-5/h7-12,15,23H,6,13-14,16-17H2,1-5H3,(H,27,32)/t23-/m0/s1. The number of nitrogens with one attached hydrogen (secondary N) is 1. The molecule has 0 aromatic heterocycles. The van der Waals surface area contributed by atoms with Gasteiger partial charge in [0, 0.05) is 38.2 Å². The van der Waals surface area contributed by atoms with E-state index in [-0.39, 0.29) is 24.5 Å². The molecule has 2 aromatic rings. The van der Waals surface area contributed by atoms with Gasteiger partial charge in [0.15, 0.2) is 0 Å². The summed E-state index contributed by atoms with van der Waals surface area (Å²) in [5.41, 5.74) is 3.62. The Morgan fingerprint density at radius 1 is 1.11 bits per heavy atom. The number of carbonyl (C=O) groups excluding carboxylic acids is 2. The van der Waals surface area contributed by atoms with Crippen molar-refractivity contribution >= 4 is 17.6 Å². The lowest BCUT2D eigenvalue weighted by Gasteiger charge is -2.27. The summed E-state index contributed by atoms with van der Waals surface area (Å²) in [4.78, 5) is 27.5.